The molecule has 8 heteroatoms. The van der Waals surface area contributed by atoms with Gasteiger partial charge in [0.1, 0.15) is 28.4 Å². The fourth-order valence-corrected chi connectivity index (χ4v) is 6.29. The third kappa shape index (κ3) is 5.52. The van der Waals surface area contributed by atoms with Crippen LogP contribution in [0.3, 0.4) is 0 Å². The molecule has 5 rings (SSSR count). The lowest BCUT2D eigenvalue weighted by atomic mass is 9.98. The van der Waals surface area contributed by atoms with Crippen LogP contribution in [0.25, 0.3) is 5.00 Å². The average Bonchev–Trinajstić information content (AvgIpc) is 3.37. The number of ketones is 2. The number of nitrogens with zero attached hydrogens (tertiary/aromatic N) is 4. The van der Waals surface area contributed by atoms with E-state index < -0.39 is 6.04 Å². The number of benzene rings is 2. The first-order valence-electron chi connectivity index (χ1n) is 13.1. The number of carbonyl (C=O) groups is 2. The van der Waals surface area contributed by atoms with Gasteiger partial charge in [0, 0.05) is 33.9 Å². The molecule has 39 heavy (non-hydrogen) atoms. The van der Waals surface area contributed by atoms with Gasteiger partial charge in [0.15, 0.2) is 5.82 Å². The van der Waals surface area contributed by atoms with Crippen molar-refractivity contribution in [3.63, 3.8) is 0 Å². The summed E-state index contributed by atoms with van der Waals surface area (Å²) < 4.78 is 2.02. The highest BCUT2D eigenvalue weighted by Gasteiger charge is 2.32. The molecular weight excluding hydrogens is 528 g/mol. The highest BCUT2D eigenvalue weighted by Crippen LogP contribution is 2.39. The number of aromatic nitrogens is 3. The Morgan fingerprint density at radius 2 is 1.67 bits per heavy atom. The maximum atomic E-state index is 13.2. The SMILES string of the molecule is Cc1sc2c(c1C)C(c1ccc(Cl)cc1)=N[C@@H](CC(=O)CC(=O)Cc1ccc(C(C)C)cc1)c1nnc(C)n1-2. The Kier molecular flexibility index (Phi) is 7.65. The second-order valence-corrected chi connectivity index (χ2v) is 12.1. The third-order valence-corrected chi connectivity index (χ3v) is 8.66. The van der Waals surface area contributed by atoms with Gasteiger partial charge in [-0.2, -0.15) is 0 Å². The van der Waals surface area contributed by atoms with E-state index in [1.54, 1.807) is 11.3 Å². The summed E-state index contributed by atoms with van der Waals surface area (Å²) in [5.74, 6) is 1.52. The van der Waals surface area contributed by atoms with Gasteiger partial charge in [-0.25, -0.2) is 0 Å². The molecule has 0 bridgehead atoms. The number of hydrogen-bond donors (Lipinski definition) is 0. The first kappa shape index (κ1) is 27.2. The molecule has 4 aromatic rings. The predicted molar refractivity (Wildman–Crippen MR) is 157 cm³/mol. The van der Waals surface area contributed by atoms with Crippen LogP contribution in [0.1, 0.15) is 83.0 Å². The van der Waals surface area contributed by atoms with E-state index in [2.05, 4.69) is 37.9 Å². The molecular formula is C31H31ClN4O2S. The molecule has 2 aromatic carbocycles. The minimum absolute atomic E-state index is 0.0697. The molecule has 2 aromatic heterocycles. The van der Waals surface area contributed by atoms with Crippen LogP contribution in [-0.4, -0.2) is 32.0 Å². The molecule has 6 nitrogen and oxygen atoms in total. The molecule has 200 valence electrons. The summed E-state index contributed by atoms with van der Waals surface area (Å²) in [5, 5.41) is 10.4. The Morgan fingerprint density at radius 3 is 2.33 bits per heavy atom. The molecule has 1 aliphatic heterocycles. The normalized spacial score (nSPS) is 14.5. The highest BCUT2D eigenvalue weighted by molar-refractivity contribution is 7.15. The fourth-order valence-electron chi connectivity index (χ4n) is 4.95. The molecule has 0 amide bonds. The van der Waals surface area contributed by atoms with Crippen molar-refractivity contribution < 1.29 is 9.59 Å². The maximum Gasteiger partial charge on any atom is 0.163 e. The number of aliphatic imine (C=N–C) groups is 1. The van der Waals surface area contributed by atoms with Crippen LogP contribution in [-0.2, 0) is 16.0 Å². The van der Waals surface area contributed by atoms with Crippen molar-refractivity contribution in [2.45, 2.75) is 65.8 Å². The molecule has 0 fully saturated rings. The smallest absolute Gasteiger partial charge is 0.163 e. The molecule has 1 atom stereocenters. The molecule has 0 saturated carbocycles. The van der Waals surface area contributed by atoms with E-state index in [1.807, 2.05) is 60.0 Å². The number of aryl methyl sites for hydroxylation is 2. The Bertz CT molecular complexity index is 1580. The van der Waals surface area contributed by atoms with Crippen LogP contribution >= 0.6 is 22.9 Å². The molecule has 1 aliphatic rings. The van der Waals surface area contributed by atoms with Gasteiger partial charge < -0.3 is 0 Å². The van der Waals surface area contributed by atoms with Crippen molar-refractivity contribution in [2.24, 2.45) is 4.99 Å². The quantitative estimate of drug-likeness (QED) is 0.216. The number of Topliss-reactive ketones (excluding diaryl/α,β-unsaturated/α-hetero) is 2. The van der Waals surface area contributed by atoms with Gasteiger partial charge in [-0.05, 0) is 55.5 Å². The highest BCUT2D eigenvalue weighted by atomic mass is 35.5. The second-order valence-electron chi connectivity index (χ2n) is 10.4. The molecule has 0 N–H and O–H groups in total. The summed E-state index contributed by atoms with van der Waals surface area (Å²) in [6.07, 6.45) is 0.167. The van der Waals surface area contributed by atoms with E-state index in [4.69, 9.17) is 16.6 Å². The van der Waals surface area contributed by atoms with E-state index in [9.17, 15) is 9.59 Å². The number of carbonyl (C=O) groups excluding carboxylic acids is 2. The van der Waals surface area contributed by atoms with Crippen LogP contribution in [0.5, 0.6) is 0 Å². The largest absolute Gasteiger partial charge is 0.299 e. The number of hydrogen-bond acceptors (Lipinski definition) is 6. The Hall–Kier alpha value is -3.42. The number of halogens is 1. The van der Waals surface area contributed by atoms with E-state index in [0.29, 0.717) is 16.8 Å². The van der Waals surface area contributed by atoms with Gasteiger partial charge in [-0.15, -0.1) is 21.5 Å². The summed E-state index contributed by atoms with van der Waals surface area (Å²) in [7, 11) is 0. The van der Waals surface area contributed by atoms with Crippen LogP contribution in [0, 0.1) is 20.8 Å². The first-order chi connectivity index (χ1) is 18.6. The van der Waals surface area contributed by atoms with Gasteiger partial charge in [-0.1, -0.05) is 61.8 Å². The Balaban J connectivity index is 1.45. The summed E-state index contributed by atoms with van der Waals surface area (Å²) in [4.78, 5) is 32.4. The summed E-state index contributed by atoms with van der Waals surface area (Å²) in [6, 6.07) is 15.1. The lowest BCUT2D eigenvalue weighted by Gasteiger charge is -2.12. The Labute approximate surface area is 237 Å². The summed E-state index contributed by atoms with van der Waals surface area (Å²) in [6.45, 7) is 10.4. The topological polar surface area (TPSA) is 77.2 Å². The summed E-state index contributed by atoms with van der Waals surface area (Å²) >= 11 is 7.85. The van der Waals surface area contributed by atoms with Crippen LogP contribution < -0.4 is 0 Å². The molecule has 3 heterocycles. The van der Waals surface area contributed by atoms with Crippen molar-refractivity contribution >= 4 is 40.2 Å². The lowest BCUT2D eigenvalue weighted by Crippen LogP contribution is -2.15. The van der Waals surface area contributed by atoms with Crippen LogP contribution in [0.2, 0.25) is 5.02 Å². The van der Waals surface area contributed by atoms with Gasteiger partial charge in [0.05, 0.1) is 12.1 Å². The zero-order chi connectivity index (χ0) is 27.8. The maximum absolute atomic E-state index is 13.2. The van der Waals surface area contributed by atoms with Gasteiger partial charge in [-0.3, -0.25) is 19.1 Å². The molecule has 0 spiro atoms. The standard InChI is InChI=1S/C31H31ClN4O2S/c1-17(2)22-8-6-21(7-9-22)14-25(37)15-26(38)16-27-30-35-34-20(5)36(30)31-28(18(3)19(4)39-31)29(33-27)23-10-12-24(32)13-11-23/h6-13,17,27H,14-16H2,1-5H3/t27-/m0/s1. The average molecular weight is 559 g/mol. The molecule has 0 unspecified atom stereocenters. The number of fused-ring (bicyclic) bond motifs is 3. The predicted octanol–water partition coefficient (Wildman–Crippen LogP) is 7.08. The van der Waals surface area contributed by atoms with Gasteiger partial charge >= 0.3 is 0 Å². The monoisotopic (exact) mass is 558 g/mol. The van der Waals surface area contributed by atoms with Crippen molar-refractivity contribution in [3.05, 3.63) is 97.9 Å². The molecule has 0 radical (unpaired) electrons. The Morgan fingerprint density at radius 1 is 0.974 bits per heavy atom. The second kappa shape index (κ2) is 11.0. The van der Waals surface area contributed by atoms with Crippen molar-refractivity contribution in [3.8, 4) is 5.00 Å². The van der Waals surface area contributed by atoms with E-state index >= 15 is 0 Å². The van der Waals surface area contributed by atoms with Gasteiger partial charge in [0.2, 0.25) is 0 Å². The first-order valence-corrected chi connectivity index (χ1v) is 14.3. The number of thiophene rings is 1. The minimum atomic E-state index is -0.568. The van der Waals surface area contributed by atoms with Gasteiger partial charge in [0.25, 0.3) is 0 Å². The van der Waals surface area contributed by atoms with E-state index in [0.717, 1.165) is 38.8 Å². The van der Waals surface area contributed by atoms with Crippen LogP contribution in [0.15, 0.2) is 53.5 Å². The fraction of sp³-hybridized carbons (Fsp3) is 0.323. The van der Waals surface area contributed by atoms with E-state index in [1.165, 1.54) is 10.4 Å². The van der Waals surface area contributed by atoms with Crippen molar-refractivity contribution in [1.29, 1.82) is 0 Å². The minimum Gasteiger partial charge on any atom is -0.299 e. The summed E-state index contributed by atoms with van der Waals surface area (Å²) in [5.41, 5.74) is 6.00. The van der Waals surface area contributed by atoms with Crippen molar-refractivity contribution in [1.82, 2.24) is 14.8 Å². The van der Waals surface area contributed by atoms with E-state index in [-0.39, 0.29) is 30.8 Å². The van der Waals surface area contributed by atoms with Crippen LogP contribution in [0.4, 0.5) is 0 Å². The third-order valence-electron chi connectivity index (χ3n) is 7.22. The molecule has 0 saturated heterocycles. The van der Waals surface area contributed by atoms with Crippen molar-refractivity contribution in [2.75, 3.05) is 0 Å². The number of rotatable bonds is 8. The zero-order valence-corrected chi connectivity index (χ0v) is 24.4. The molecule has 0 aliphatic carbocycles. The lowest BCUT2D eigenvalue weighted by molar-refractivity contribution is -0.126. The zero-order valence-electron chi connectivity index (χ0n) is 22.8.